The van der Waals surface area contributed by atoms with Gasteiger partial charge in [0.2, 0.25) is 5.88 Å². The van der Waals surface area contributed by atoms with Crippen molar-refractivity contribution in [3.8, 4) is 5.88 Å². The van der Waals surface area contributed by atoms with Gasteiger partial charge in [-0.05, 0) is 23.3 Å². The Morgan fingerprint density at radius 1 is 1.00 bits per heavy atom. The van der Waals surface area contributed by atoms with E-state index in [1.54, 1.807) is 13.3 Å². The molecule has 1 heterocycles. The minimum absolute atomic E-state index is 0.340. The summed E-state index contributed by atoms with van der Waals surface area (Å²) in [5, 5.41) is 3.13. The van der Waals surface area contributed by atoms with Crippen molar-refractivity contribution in [1.29, 1.82) is 0 Å². The van der Waals surface area contributed by atoms with Gasteiger partial charge in [0.15, 0.2) is 5.96 Å². The van der Waals surface area contributed by atoms with E-state index in [-0.39, 0.29) is 0 Å². The first-order valence-corrected chi connectivity index (χ1v) is 9.00. The van der Waals surface area contributed by atoms with Crippen molar-refractivity contribution >= 4 is 11.6 Å². The van der Waals surface area contributed by atoms with Gasteiger partial charge in [-0.1, -0.05) is 48.5 Å². The summed E-state index contributed by atoms with van der Waals surface area (Å²) < 4.78 is 11.0. The van der Waals surface area contributed by atoms with Crippen LogP contribution in [-0.2, 0) is 24.5 Å². The van der Waals surface area contributed by atoms with Gasteiger partial charge in [0, 0.05) is 30.6 Å². The third-order valence-corrected chi connectivity index (χ3v) is 4.04. The Kier molecular flexibility index (Phi) is 6.98. The summed E-state index contributed by atoms with van der Waals surface area (Å²) in [5.41, 5.74) is 10.0. The number of aliphatic imine (C=N–C) groups is 1. The molecule has 28 heavy (non-hydrogen) atoms. The van der Waals surface area contributed by atoms with Gasteiger partial charge >= 0.3 is 0 Å². The van der Waals surface area contributed by atoms with E-state index in [2.05, 4.69) is 15.3 Å². The molecule has 3 rings (SSSR count). The quantitative estimate of drug-likeness (QED) is 0.462. The molecular weight excluding hydrogens is 352 g/mol. The van der Waals surface area contributed by atoms with E-state index >= 15 is 0 Å². The molecule has 3 N–H and O–H groups in total. The molecule has 0 atom stereocenters. The van der Waals surface area contributed by atoms with Gasteiger partial charge in [-0.15, -0.1) is 0 Å². The van der Waals surface area contributed by atoms with Gasteiger partial charge in [0.05, 0.1) is 13.2 Å². The second kappa shape index (κ2) is 10.1. The number of hydrogen-bond donors (Lipinski definition) is 2. The summed E-state index contributed by atoms with van der Waals surface area (Å²) in [4.78, 5) is 8.66. The summed E-state index contributed by atoms with van der Waals surface area (Å²) in [6.45, 7) is 1.40. The summed E-state index contributed by atoms with van der Waals surface area (Å²) in [7, 11) is 1.66. The monoisotopic (exact) mass is 376 g/mol. The third-order valence-electron chi connectivity index (χ3n) is 4.04. The number of benzene rings is 2. The number of rotatable bonds is 8. The smallest absolute Gasteiger partial charge is 0.213 e. The maximum absolute atomic E-state index is 6.04. The highest BCUT2D eigenvalue weighted by atomic mass is 16.5. The summed E-state index contributed by atoms with van der Waals surface area (Å²) in [6, 6.07) is 21.6. The van der Waals surface area contributed by atoms with Crippen LogP contribution in [0.5, 0.6) is 5.88 Å². The first kappa shape index (κ1) is 19.4. The van der Waals surface area contributed by atoms with Gasteiger partial charge in [-0.25, -0.2) is 9.98 Å². The molecule has 0 aliphatic carbocycles. The van der Waals surface area contributed by atoms with Crippen LogP contribution in [0.25, 0.3) is 0 Å². The molecule has 0 aliphatic rings. The van der Waals surface area contributed by atoms with E-state index < -0.39 is 0 Å². The average Bonchev–Trinajstić information content (AvgIpc) is 2.73. The lowest BCUT2D eigenvalue weighted by Gasteiger charge is -2.11. The van der Waals surface area contributed by atoms with Crippen molar-refractivity contribution in [2.24, 2.45) is 10.7 Å². The molecule has 0 saturated heterocycles. The van der Waals surface area contributed by atoms with Crippen molar-refractivity contribution in [2.45, 2.75) is 19.8 Å². The number of ether oxygens (including phenoxy) is 2. The average molecular weight is 376 g/mol. The zero-order chi connectivity index (χ0) is 19.6. The number of nitrogens with one attached hydrogen (secondary N) is 1. The first-order valence-electron chi connectivity index (χ1n) is 9.00. The van der Waals surface area contributed by atoms with E-state index in [9.17, 15) is 0 Å². The number of pyridine rings is 1. The molecule has 0 fully saturated rings. The third kappa shape index (κ3) is 5.82. The molecule has 1 aromatic heterocycles. The summed E-state index contributed by atoms with van der Waals surface area (Å²) in [6.07, 6.45) is 1.71. The van der Waals surface area contributed by atoms with Crippen molar-refractivity contribution in [2.75, 3.05) is 12.4 Å². The van der Waals surface area contributed by atoms with Crippen molar-refractivity contribution in [1.82, 2.24) is 4.98 Å². The molecule has 2 aromatic carbocycles. The fourth-order valence-electron chi connectivity index (χ4n) is 2.64. The molecule has 6 nitrogen and oxygen atoms in total. The zero-order valence-electron chi connectivity index (χ0n) is 15.8. The van der Waals surface area contributed by atoms with E-state index in [4.69, 9.17) is 15.2 Å². The maximum Gasteiger partial charge on any atom is 0.213 e. The first-order chi connectivity index (χ1) is 13.7. The standard InChI is InChI=1S/C22H24N4O2/c1-27-16-19-9-5-6-10-20(19)26-22(23)25-14-18-11-12-24-21(13-18)28-15-17-7-3-2-4-8-17/h2-13H,14-16H2,1H3,(H3,23,25,26). The Balaban J connectivity index is 1.59. The van der Waals surface area contributed by atoms with Crippen LogP contribution in [0.3, 0.4) is 0 Å². The second-order valence-corrected chi connectivity index (χ2v) is 6.19. The van der Waals surface area contributed by atoms with Gasteiger partial charge in [0.25, 0.3) is 0 Å². The molecule has 0 spiro atoms. The number of aromatic nitrogens is 1. The van der Waals surface area contributed by atoms with Gasteiger partial charge in [-0.2, -0.15) is 0 Å². The Morgan fingerprint density at radius 2 is 1.79 bits per heavy atom. The summed E-state index contributed by atoms with van der Waals surface area (Å²) >= 11 is 0. The number of nitrogens with two attached hydrogens (primary N) is 1. The highest BCUT2D eigenvalue weighted by Gasteiger charge is 2.03. The lowest BCUT2D eigenvalue weighted by molar-refractivity contribution is 0.185. The fraction of sp³-hybridized carbons (Fsp3) is 0.182. The van der Waals surface area contributed by atoms with Crippen molar-refractivity contribution in [3.05, 3.63) is 89.6 Å². The minimum atomic E-state index is 0.340. The van der Waals surface area contributed by atoms with Crippen LogP contribution in [0.15, 0.2) is 77.9 Å². The topological polar surface area (TPSA) is 81.8 Å². The molecule has 0 radical (unpaired) electrons. The predicted molar refractivity (Wildman–Crippen MR) is 111 cm³/mol. The highest BCUT2D eigenvalue weighted by Crippen LogP contribution is 2.16. The van der Waals surface area contributed by atoms with E-state index in [1.807, 2.05) is 66.7 Å². The zero-order valence-corrected chi connectivity index (χ0v) is 15.8. The van der Waals surface area contributed by atoms with Gasteiger partial charge in [0.1, 0.15) is 6.61 Å². The maximum atomic E-state index is 6.04. The van der Waals surface area contributed by atoms with Crippen LogP contribution < -0.4 is 15.8 Å². The molecule has 0 amide bonds. The molecular formula is C22H24N4O2. The lowest BCUT2D eigenvalue weighted by atomic mass is 10.2. The molecule has 0 aliphatic heterocycles. The van der Waals surface area contributed by atoms with Crippen molar-refractivity contribution < 1.29 is 9.47 Å². The highest BCUT2D eigenvalue weighted by molar-refractivity contribution is 5.92. The van der Waals surface area contributed by atoms with E-state index in [0.717, 1.165) is 22.4 Å². The minimum Gasteiger partial charge on any atom is -0.473 e. The van der Waals surface area contributed by atoms with Crippen LogP contribution in [0.4, 0.5) is 5.69 Å². The van der Waals surface area contributed by atoms with Crippen LogP contribution in [0.2, 0.25) is 0 Å². The number of para-hydroxylation sites is 1. The predicted octanol–water partition coefficient (Wildman–Crippen LogP) is 3.73. The molecule has 0 saturated carbocycles. The number of guanidine groups is 1. The van der Waals surface area contributed by atoms with Gasteiger partial charge < -0.3 is 20.5 Å². The molecule has 3 aromatic rings. The number of anilines is 1. The fourth-order valence-corrected chi connectivity index (χ4v) is 2.64. The lowest BCUT2D eigenvalue weighted by Crippen LogP contribution is -2.23. The number of nitrogens with zero attached hydrogens (tertiary/aromatic N) is 2. The summed E-state index contributed by atoms with van der Waals surface area (Å²) in [5.74, 6) is 0.903. The largest absolute Gasteiger partial charge is 0.473 e. The van der Waals surface area contributed by atoms with E-state index in [0.29, 0.717) is 31.6 Å². The van der Waals surface area contributed by atoms with Crippen LogP contribution in [-0.4, -0.2) is 18.1 Å². The van der Waals surface area contributed by atoms with Crippen LogP contribution >= 0.6 is 0 Å². The normalized spacial score (nSPS) is 11.2. The Labute approximate surface area is 165 Å². The van der Waals surface area contributed by atoms with Gasteiger partial charge in [-0.3, -0.25) is 0 Å². The van der Waals surface area contributed by atoms with E-state index in [1.165, 1.54) is 0 Å². The Bertz CT molecular complexity index is 913. The van der Waals surface area contributed by atoms with Crippen LogP contribution in [0.1, 0.15) is 16.7 Å². The molecule has 144 valence electrons. The van der Waals surface area contributed by atoms with Crippen molar-refractivity contribution in [3.63, 3.8) is 0 Å². The number of methoxy groups -OCH3 is 1. The molecule has 6 heteroatoms. The molecule has 0 bridgehead atoms. The SMILES string of the molecule is COCc1ccccc1NC(N)=NCc1ccnc(OCc2ccccc2)c1. The second-order valence-electron chi connectivity index (χ2n) is 6.19. The molecule has 0 unspecified atom stereocenters. The Hall–Kier alpha value is -3.38. The Morgan fingerprint density at radius 3 is 2.61 bits per heavy atom. The van der Waals surface area contributed by atoms with Crippen LogP contribution in [0, 0.1) is 0 Å². The number of hydrogen-bond acceptors (Lipinski definition) is 4.